The fourth-order valence-corrected chi connectivity index (χ4v) is 5.05. The fraction of sp³-hybridized carbons (Fsp3) is 0.333. The third-order valence-corrected chi connectivity index (χ3v) is 7.03. The summed E-state index contributed by atoms with van der Waals surface area (Å²) in [5, 5.41) is 2.80. The van der Waals surface area contributed by atoms with E-state index in [1.165, 1.54) is 30.6 Å². The molecule has 2 aromatic carbocycles. The molecule has 12 heteroatoms. The molecule has 39 heavy (non-hydrogen) atoms. The van der Waals surface area contributed by atoms with E-state index in [9.17, 15) is 22.8 Å². The Kier molecular flexibility index (Phi) is 7.72. The zero-order valence-corrected chi connectivity index (χ0v) is 21.4. The first-order valence-corrected chi connectivity index (χ1v) is 12.7. The van der Waals surface area contributed by atoms with Crippen molar-refractivity contribution < 1.29 is 27.5 Å². The quantitative estimate of drug-likeness (QED) is 0.468. The van der Waals surface area contributed by atoms with Crippen LogP contribution in [0.4, 0.5) is 24.8 Å². The number of hydrogen-bond acceptors (Lipinski definition) is 6. The Bertz CT molecular complexity index is 1340. The number of morpholine rings is 1. The molecule has 0 bridgehead atoms. The van der Waals surface area contributed by atoms with Crippen molar-refractivity contribution in [2.75, 3.05) is 29.6 Å². The highest BCUT2D eigenvalue weighted by molar-refractivity contribution is 6.31. The van der Waals surface area contributed by atoms with Gasteiger partial charge in [-0.3, -0.25) is 14.5 Å². The second-order valence-electron chi connectivity index (χ2n) is 9.41. The summed E-state index contributed by atoms with van der Waals surface area (Å²) in [4.78, 5) is 39.5. The van der Waals surface area contributed by atoms with Crippen LogP contribution in [0, 0.1) is 5.82 Å². The van der Waals surface area contributed by atoms with E-state index >= 15 is 0 Å². The Labute approximate surface area is 227 Å². The van der Waals surface area contributed by atoms with Crippen LogP contribution in [0.3, 0.4) is 0 Å². The second kappa shape index (κ2) is 11.2. The number of nitrogens with one attached hydrogen (secondary N) is 1. The molecular formula is C27H25ClF3N5O3. The Morgan fingerprint density at radius 2 is 1.85 bits per heavy atom. The Morgan fingerprint density at radius 3 is 2.54 bits per heavy atom. The minimum absolute atomic E-state index is 0.0470. The highest BCUT2D eigenvalue weighted by Gasteiger charge is 2.48. The van der Waals surface area contributed by atoms with Gasteiger partial charge in [-0.1, -0.05) is 35.9 Å². The van der Waals surface area contributed by atoms with E-state index in [0.29, 0.717) is 6.61 Å². The van der Waals surface area contributed by atoms with Crippen molar-refractivity contribution in [3.05, 3.63) is 83.4 Å². The zero-order valence-electron chi connectivity index (χ0n) is 20.6. The number of halogens is 4. The Morgan fingerprint density at radius 1 is 1.10 bits per heavy atom. The van der Waals surface area contributed by atoms with Gasteiger partial charge in [0.15, 0.2) is 0 Å². The van der Waals surface area contributed by atoms with E-state index in [0.717, 1.165) is 11.0 Å². The van der Waals surface area contributed by atoms with E-state index in [1.54, 1.807) is 35.2 Å². The van der Waals surface area contributed by atoms with Crippen molar-refractivity contribution in [2.45, 2.75) is 36.9 Å². The van der Waals surface area contributed by atoms with Gasteiger partial charge in [0.25, 0.3) is 11.8 Å². The summed E-state index contributed by atoms with van der Waals surface area (Å²) < 4.78 is 47.2. The number of carbonyl (C=O) groups excluding carboxylic acids is 2. The molecule has 0 radical (unpaired) electrons. The molecule has 1 aliphatic heterocycles. The lowest BCUT2D eigenvalue weighted by atomic mass is 9.87. The van der Waals surface area contributed by atoms with Gasteiger partial charge in [0.05, 0.1) is 13.2 Å². The van der Waals surface area contributed by atoms with Crippen LogP contribution in [0.2, 0.25) is 5.02 Å². The number of ether oxygens (including phenoxy) is 1. The van der Waals surface area contributed by atoms with E-state index in [-0.39, 0.29) is 35.4 Å². The molecule has 2 heterocycles. The number of amides is 2. The number of rotatable bonds is 7. The van der Waals surface area contributed by atoms with Crippen LogP contribution in [-0.2, 0) is 14.3 Å². The molecular weight excluding hydrogens is 535 g/mol. The summed E-state index contributed by atoms with van der Waals surface area (Å²) in [5.74, 6) is -4.54. The summed E-state index contributed by atoms with van der Waals surface area (Å²) in [6, 6.07) is 10.1. The van der Waals surface area contributed by atoms with E-state index in [1.807, 2.05) is 0 Å². The first-order valence-electron chi connectivity index (χ1n) is 12.4. The lowest BCUT2D eigenvalue weighted by Crippen LogP contribution is -2.59. The molecule has 2 aliphatic rings. The summed E-state index contributed by atoms with van der Waals surface area (Å²) in [6.07, 6.45) is 2.05. The molecule has 2 atom stereocenters. The average molecular weight is 560 g/mol. The molecule has 0 unspecified atom stereocenters. The third-order valence-electron chi connectivity index (χ3n) is 6.69. The number of benzene rings is 2. The lowest BCUT2D eigenvalue weighted by Gasteiger charge is -2.41. The molecule has 8 nitrogen and oxygen atoms in total. The summed E-state index contributed by atoms with van der Waals surface area (Å²) in [5.41, 5.74) is 0.332. The lowest BCUT2D eigenvalue weighted by molar-refractivity contribution is -0.133. The molecule has 5 rings (SSSR count). The number of hydrogen-bond donors (Lipinski definition) is 1. The average Bonchev–Trinajstić information content (AvgIpc) is 2.91. The Hall–Kier alpha value is -3.70. The number of aromatic nitrogens is 2. The molecule has 1 saturated carbocycles. The maximum absolute atomic E-state index is 14.5. The predicted octanol–water partition coefficient (Wildman–Crippen LogP) is 4.16. The maximum atomic E-state index is 14.5. The van der Waals surface area contributed by atoms with Crippen LogP contribution >= 0.6 is 11.6 Å². The first-order chi connectivity index (χ1) is 18.7. The maximum Gasteiger partial charge on any atom is 0.253 e. The Balaban J connectivity index is 1.59. The topological polar surface area (TPSA) is 87.7 Å². The molecule has 204 valence electrons. The predicted molar refractivity (Wildman–Crippen MR) is 138 cm³/mol. The van der Waals surface area contributed by atoms with Crippen molar-refractivity contribution in [2.24, 2.45) is 0 Å². The molecule has 0 spiro atoms. The molecule has 1 aromatic heterocycles. The van der Waals surface area contributed by atoms with Gasteiger partial charge in [-0.2, -0.15) is 0 Å². The highest BCUT2D eigenvalue weighted by Crippen LogP contribution is 2.39. The first kappa shape index (κ1) is 26.9. The monoisotopic (exact) mass is 559 g/mol. The molecule has 1 aliphatic carbocycles. The summed E-state index contributed by atoms with van der Waals surface area (Å²) in [6.45, 7) is 0.554. The van der Waals surface area contributed by atoms with Gasteiger partial charge in [-0.05, 0) is 30.3 Å². The van der Waals surface area contributed by atoms with Gasteiger partial charge < -0.3 is 15.0 Å². The van der Waals surface area contributed by atoms with E-state index in [4.69, 9.17) is 16.3 Å². The van der Waals surface area contributed by atoms with Crippen LogP contribution in [0.15, 0.2) is 67.0 Å². The fourth-order valence-electron chi connectivity index (χ4n) is 4.82. The molecule has 1 saturated heterocycles. The van der Waals surface area contributed by atoms with Crippen LogP contribution in [0.1, 0.15) is 24.4 Å². The molecule has 2 fully saturated rings. The second-order valence-corrected chi connectivity index (χ2v) is 9.82. The minimum atomic E-state index is -2.87. The van der Waals surface area contributed by atoms with Crippen molar-refractivity contribution in [3.8, 4) is 0 Å². The normalized spacial score (nSPS) is 19.6. The number of alkyl halides is 2. The number of carbonyl (C=O) groups is 2. The molecule has 1 N–H and O–H groups in total. The summed E-state index contributed by atoms with van der Waals surface area (Å²) >= 11 is 6.50. The van der Waals surface area contributed by atoms with Gasteiger partial charge in [-0.25, -0.2) is 23.1 Å². The molecule has 3 aromatic rings. The van der Waals surface area contributed by atoms with E-state index in [2.05, 4.69) is 15.3 Å². The zero-order chi connectivity index (χ0) is 27.6. The highest BCUT2D eigenvalue weighted by atomic mass is 35.5. The van der Waals surface area contributed by atoms with Crippen LogP contribution < -0.4 is 15.1 Å². The molecule has 2 amide bonds. The van der Waals surface area contributed by atoms with Crippen molar-refractivity contribution in [1.82, 2.24) is 15.3 Å². The number of nitrogens with zero attached hydrogens (tertiary/aromatic N) is 4. The van der Waals surface area contributed by atoms with E-state index < -0.39 is 54.5 Å². The standard InChI is InChI=1S/C27H25ClF3N5O3/c28-21-8-2-1-7-20(21)23(24(37)34-18-14-27(30,31)15-18)36(19-6-3-5-17(29)13-19)25(38)22-16-39-12-11-35(22)26-32-9-4-10-33-26/h1-10,13,18,22-23H,11-12,14-16H2,(H,34,37)/t22-,23-/m0/s1. The summed E-state index contributed by atoms with van der Waals surface area (Å²) in [7, 11) is 0. The van der Waals surface area contributed by atoms with Crippen LogP contribution in [-0.4, -0.2) is 59.5 Å². The van der Waals surface area contributed by atoms with Gasteiger partial charge in [-0.15, -0.1) is 0 Å². The third kappa shape index (κ3) is 5.84. The number of anilines is 2. The van der Waals surface area contributed by atoms with Crippen molar-refractivity contribution in [1.29, 1.82) is 0 Å². The van der Waals surface area contributed by atoms with Gasteiger partial charge >= 0.3 is 0 Å². The van der Waals surface area contributed by atoms with Crippen molar-refractivity contribution in [3.63, 3.8) is 0 Å². The van der Waals surface area contributed by atoms with Gasteiger partial charge in [0.1, 0.15) is 17.9 Å². The largest absolute Gasteiger partial charge is 0.377 e. The van der Waals surface area contributed by atoms with Gasteiger partial charge in [0.2, 0.25) is 11.9 Å². The smallest absolute Gasteiger partial charge is 0.253 e. The van der Waals surface area contributed by atoms with Crippen molar-refractivity contribution >= 4 is 35.1 Å². The van der Waals surface area contributed by atoms with Crippen LogP contribution in [0.25, 0.3) is 0 Å². The van der Waals surface area contributed by atoms with Gasteiger partial charge in [0, 0.05) is 54.1 Å². The SMILES string of the molecule is O=C(NC1CC(F)(F)C1)[C@H](c1ccccc1Cl)N(C(=O)[C@@H]1COCCN1c1ncccn1)c1cccc(F)c1. The van der Waals surface area contributed by atoms with Crippen LogP contribution in [0.5, 0.6) is 0 Å². The minimum Gasteiger partial charge on any atom is -0.377 e.